The molecule has 9 heteroatoms. The highest BCUT2D eigenvalue weighted by atomic mass is 16.6. The summed E-state index contributed by atoms with van der Waals surface area (Å²) in [5, 5.41) is 0. The first kappa shape index (κ1) is 37.7. The van der Waals surface area contributed by atoms with Crippen LogP contribution in [0.5, 0.6) is 0 Å². The summed E-state index contributed by atoms with van der Waals surface area (Å²) < 4.78 is 23.3. The molecular weight excluding hydrogens is 660 g/mol. The molecule has 1 fully saturated rings. The fraction of sp³-hybridized carbons (Fsp3) is 0.326. The molecule has 0 heterocycles. The van der Waals surface area contributed by atoms with Crippen molar-refractivity contribution in [3.63, 3.8) is 0 Å². The molecule has 1 aliphatic rings. The van der Waals surface area contributed by atoms with Crippen LogP contribution in [0, 0.1) is 44.4 Å². The summed E-state index contributed by atoms with van der Waals surface area (Å²) in [6.07, 6.45) is 0.377. The molecule has 0 amide bonds. The Balaban J connectivity index is 1.49. The Morgan fingerprint density at radius 2 is 0.673 bits per heavy atom. The normalized spacial score (nSPS) is 15.0. The molecule has 0 bridgehead atoms. The van der Waals surface area contributed by atoms with Gasteiger partial charge < -0.3 is 18.9 Å². The number of Topliss-reactive ketones (excluding diaryl/α,β-unsaturated/α-hetero) is 1. The van der Waals surface area contributed by atoms with E-state index < -0.39 is 66.9 Å². The van der Waals surface area contributed by atoms with Gasteiger partial charge in [-0.2, -0.15) is 0 Å². The molecule has 0 unspecified atom stereocenters. The minimum atomic E-state index is -1.56. The monoisotopic (exact) mass is 704 g/mol. The Kier molecular flexibility index (Phi) is 11.7. The average molecular weight is 705 g/mol. The lowest BCUT2D eigenvalue weighted by Gasteiger charge is -2.47. The van der Waals surface area contributed by atoms with Crippen molar-refractivity contribution in [1.29, 1.82) is 0 Å². The van der Waals surface area contributed by atoms with Gasteiger partial charge in [-0.1, -0.05) is 77.7 Å². The highest BCUT2D eigenvalue weighted by Gasteiger charge is 2.58. The van der Waals surface area contributed by atoms with Crippen LogP contribution in [0.15, 0.2) is 97.1 Å². The number of hydrogen-bond acceptors (Lipinski definition) is 9. The first-order valence-electron chi connectivity index (χ1n) is 17.3. The number of aryl methyl sites for hydroxylation is 4. The van der Waals surface area contributed by atoms with Crippen LogP contribution in [0.3, 0.4) is 0 Å². The lowest BCUT2D eigenvalue weighted by Crippen LogP contribution is -2.58. The summed E-state index contributed by atoms with van der Waals surface area (Å²) in [6, 6.07) is 27.3. The van der Waals surface area contributed by atoms with Crippen LogP contribution in [0.25, 0.3) is 0 Å². The lowest BCUT2D eigenvalue weighted by molar-refractivity contribution is -0.161. The molecule has 0 aromatic heterocycles. The minimum Gasteiger partial charge on any atom is -0.461 e. The van der Waals surface area contributed by atoms with Crippen molar-refractivity contribution in [2.75, 3.05) is 26.4 Å². The van der Waals surface area contributed by atoms with Crippen LogP contribution in [-0.4, -0.2) is 56.1 Å². The fourth-order valence-electron chi connectivity index (χ4n) is 6.64. The van der Waals surface area contributed by atoms with Gasteiger partial charge in [-0.25, -0.2) is 19.2 Å². The second kappa shape index (κ2) is 16.2. The summed E-state index contributed by atoms with van der Waals surface area (Å²) in [5.74, 6) is -3.37. The number of hydrogen-bond donors (Lipinski definition) is 0. The van der Waals surface area contributed by atoms with E-state index in [0.29, 0.717) is 22.3 Å². The van der Waals surface area contributed by atoms with Gasteiger partial charge in [0.2, 0.25) is 0 Å². The molecule has 5 rings (SSSR count). The summed E-state index contributed by atoms with van der Waals surface area (Å²) in [4.78, 5) is 68.3. The van der Waals surface area contributed by atoms with Crippen LogP contribution in [0.2, 0.25) is 0 Å². The van der Waals surface area contributed by atoms with Crippen molar-refractivity contribution in [1.82, 2.24) is 0 Å². The average Bonchev–Trinajstić information content (AvgIpc) is 3.14. The van der Waals surface area contributed by atoms with Gasteiger partial charge in [-0.3, -0.25) is 4.79 Å². The molecule has 1 saturated carbocycles. The maximum atomic E-state index is 15.1. The first-order chi connectivity index (χ1) is 24.8. The van der Waals surface area contributed by atoms with Crippen molar-refractivity contribution in [2.45, 2.75) is 47.5 Å². The van der Waals surface area contributed by atoms with Gasteiger partial charge in [0.05, 0.1) is 33.1 Å². The van der Waals surface area contributed by atoms with Crippen molar-refractivity contribution < 1.29 is 42.9 Å². The summed E-state index contributed by atoms with van der Waals surface area (Å²) in [6.45, 7) is 7.78. The van der Waals surface area contributed by atoms with E-state index in [1.54, 1.807) is 97.1 Å². The fourth-order valence-corrected chi connectivity index (χ4v) is 6.64. The molecule has 0 saturated heterocycles. The van der Waals surface area contributed by atoms with Crippen LogP contribution < -0.4 is 0 Å². The SMILES string of the molecule is Cc1ccc(C(=O)OCC2(COC(=O)c3ccc(C)cc3)CC(C)CC(COC(=O)c3ccc(C)cc3)(COC(=O)c3ccc(C)cc3)C2=O)cc1. The standard InChI is InChI=1S/C43H44O9/c1-28-6-14-33(15-7-28)37(44)49-24-42(25-50-38(45)34-16-8-29(2)9-17-34)22-32(5)23-43(41(42)48,26-51-39(46)35-18-10-30(3)11-19-35)27-52-40(47)36-20-12-31(4)13-21-36/h6-21,32H,22-27H2,1-5H3. The number of carbonyl (C=O) groups is 5. The van der Waals surface area contributed by atoms with E-state index in [-0.39, 0.29) is 18.8 Å². The molecule has 9 nitrogen and oxygen atoms in total. The number of rotatable bonds is 12. The zero-order valence-corrected chi connectivity index (χ0v) is 30.2. The number of esters is 4. The number of carbonyl (C=O) groups excluding carboxylic acids is 5. The van der Waals surface area contributed by atoms with E-state index in [9.17, 15) is 19.2 Å². The number of ketones is 1. The first-order valence-corrected chi connectivity index (χ1v) is 17.3. The quantitative estimate of drug-likeness (QED) is 0.108. The number of benzene rings is 4. The van der Waals surface area contributed by atoms with E-state index in [1.165, 1.54) is 0 Å². The zero-order chi connectivity index (χ0) is 37.5. The smallest absolute Gasteiger partial charge is 0.338 e. The Morgan fingerprint density at radius 3 is 0.885 bits per heavy atom. The Labute approximate surface area is 304 Å². The van der Waals surface area contributed by atoms with E-state index >= 15 is 4.79 Å². The highest BCUT2D eigenvalue weighted by Crippen LogP contribution is 2.48. The molecule has 52 heavy (non-hydrogen) atoms. The van der Waals surface area contributed by atoms with Gasteiger partial charge in [0.1, 0.15) is 26.4 Å². The molecule has 0 N–H and O–H groups in total. The van der Waals surface area contributed by atoms with Crippen molar-refractivity contribution in [3.8, 4) is 0 Å². The Bertz CT molecular complexity index is 1650. The van der Waals surface area contributed by atoms with Crippen LogP contribution >= 0.6 is 0 Å². The lowest BCUT2D eigenvalue weighted by atomic mass is 9.58. The zero-order valence-electron chi connectivity index (χ0n) is 30.2. The van der Waals surface area contributed by atoms with Gasteiger partial charge in [-0.15, -0.1) is 0 Å². The predicted octanol–water partition coefficient (Wildman–Crippen LogP) is 7.62. The van der Waals surface area contributed by atoms with Crippen molar-refractivity contribution >= 4 is 29.7 Å². The van der Waals surface area contributed by atoms with Crippen LogP contribution in [0.1, 0.15) is 83.5 Å². The predicted molar refractivity (Wildman–Crippen MR) is 194 cm³/mol. The summed E-state index contributed by atoms with van der Waals surface area (Å²) in [7, 11) is 0. The van der Waals surface area contributed by atoms with Crippen LogP contribution in [-0.2, 0) is 23.7 Å². The van der Waals surface area contributed by atoms with Gasteiger partial charge in [0.25, 0.3) is 0 Å². The van der Waals surface area contributed by atoms with Gasteiger partial charge in [-0.05, 0) is 95.0 Å². The third kappa shape index (κ3) is 9.01. The number of ether oxygens (including phenoxy) is 4. The van der Waals surface area contributed by atoms with E-state index in [0.717, 1.165) is 22.3 Å². The molecule has 270 valence electrons. The molecule has 1 aliphatic carbocycles. The molecule has 4 aromatic rings. The Morgan fingerprint density at radius 1 is 0.462 bits per heavy atom. The third-order valence-corrected chi connectivity index (χ3v) is 9.51. The second-order valence-electron chi connectivity index (χ2n) is 14.2. The van der Waals surface area contributed by atoms with Crippen molar-refractivity contribution in [2.24, 2.45) is 16.7 Å². The largest absolute Gasteiger partial charge is 0.461 e. The van der Waals surface area contributed by atoms with E-state index in [1.807, 2.05) is 34.6 Å². The van der Waals surface area contributed by atoms with E-state index in [2.05, 4.69) is 0 Å². The third-order valence-electron chi connectivity index (χ3n) is 9.51. The van der Waals surface area contributed by atoms with Gasteiger partial charge >= 0.3 is 23.9 Å². The topological polar surface area (TPSA) is 122 Å². The molecule has 0 spiro atoms. The maximum Gasteiger partial charge on any atom is 0.338 e. The second-order valence-corrected chi connectivity index (χ2v) is 14.2. The molecule has 0 aliphatic heterocycles. The van der Waals surface area contributed by atoms with Crippen molar-refractivity contribution in [3.05, 3.63) is 142 Å². The maximum absolute atomic E-state index is 15.1. The molecular formula is C43H44O9. The molecule has 0 atom stereocenters. The van der Waals surface area contributed by atoms with Gasteiger partial charge in [0.15, 0.2) is 5.78 Å². The highest BCUT2D eigenvalue weighted by molar-refractivity contribution is 5.96. The Hall–Kier alpha value is -5.57. The van der Waals surface area contributed by atoms with Gasteiger partial charge in [0, 0.05) is 0 Å². The minimum absolute atomic E-state index is 0.188. The van der Waals surface area contributed by atoms with E-state index in [4.69, 9.17) is 18.9 Å². The summed E-state index contributed by atoms with van der Waals surface area (Å²) in [5.41, 5.74) is 1.86. The van der Waals surface area contributed by atoms with Crippen LogP contribution in [0.4, 0.5) is 0 Å². The molecule has 0 radical (unpaired) electrons. The molecule has 4 aromatic carbocycles. The summed E-state index contributed by atoms with van der Waals surface area (Å²) >= 11 is 0.